The third kappa shape index (κ3) is 12.0. The van der Waals surface area contributed by atoms with Gasteiger partial charge in [0, 0.05) is 11.5 Å². The molecule has 1 N–H and O–H groups in total. The van der Waals surface area contributed by atoms with Crippen LogP contribution in [0.15, 0.2) is 0 Å². The van der Waals surface area contributed by atoms with Crippen LogP contribution in [0.25, 0.3) is 0 Å². The average Bonchev–Trinajstić information content (AvgIpc) is 2.47. The quantitative estimate of drug-likeness (QED) is 0.314. The molecule has 0 aromatic carbocycles. The van der Waals surface area contributed by atoms with Crippen LogP contribution in [0.1, 0.15) is 60.8 Å². The molecule has 1 unspecified atom stereocenters. The number of esters is 2. The van der Waals surface area contributed by atoms with Gasteiger partial charge in [0.15, 0.2) is 0 Å². The molecule has 0 heterocycles. The molecule has 0 rings (SSSR count). The molecule has 0 radical (unpaired) electrons. The predicted molar refractivity (Wildman–Crippen MR) is 103 cm³/mol. The molecule has 142 valence electrons. The SMILES string of the molecule is CCCCCSSC[C@H](NC(C)C(=O)OC(C)(C)C)C(=O)OCC. The summed E-state index contributed by atoms with van der Waals surface area (Å²) < 4.78 is 10.4. The van der Waals surface area contributed by atoms with Crippen molar-refractivity contribution in [3.05, 3.63) is 0 Å². The molecule has 2 atom stereocenters. The molecule has 0 aromatic heterocycles. The first kappa shape index (κ1) is 23.6. The molecular weight excluding hydrogens is 346 g/mol. The van der Waals surface area contributed by atoms with Crippen molar-refractivity contribution >= 4 is 33.5 Å². The summed E-state index contributed by atoms with van der Waals surface area (Å²) in [5, 5.41) is 3.04. The highest BCUT2D eigenvalue weighted by Gasteiger charge is 2.27. The van der Waals surface area contributed by atoms with E-state index in [9.17, 15) is 9.59 Å². The normalized spacial score (nSPS) is 14.1. The highest BCUT2D eigenvalue weighted by molar-refractivity contribution is 8.76. The number of hydrogen-bond acceptors (Lipinski definition) is 7. The van der Waals surface area contributed by atoms with Gasteiger partial charge in [-0.05, 0) is 41.0 Å². The third-order valence-corrected chi connectivity index (χ3v) is 5.43. The smallest absolute Gasteiger partial charge is 0.324 e. The number of carbonyl (C=O) groups excluding carboxylic acids is 2. The van der Waals surface area contributed by atoms with Gasteiger partial charge < -0.3 is 9.47 Å². The second-order valence-electron chi connectivity index (χ2n) is 6.54. The lowest BCUT2D eigenvalue weighted by Crippen LogP contribution is -2.49. The van der Waals surface area contributed by atoms with Crippen molar-refractivity contribution in [2.45, 2.75) is 78.5 Å². The molecule has 0 aromatic rings. The predicted octanol–water partition coefficient (Wildman–Crippen LogP) is 3.81. The van der Waals surface area contributed by atoms with E-state index in [4.69, 9.17) is 9.47 Å². The van der Waals surface area contributed by atoms with Gasteiger partial charge in [0.25, 0.3) is 0 Å². The van der Waals surface area contributed by atoms with Gasteiger partial charge in [0.05, 0.1) is 6.61 Å². The fraction of sp³-hybridized carbons (Fsp3) is 0.882. The number of hydrogen-bond donors (Lipinski definition) is 1. The van der Waals surface area contributed by atoms with Crippen LogP contribution in [-0.4, -0.2) is 47.7 Å². The number of unbranched alkanes of at least 4 members (excludes halogenated alkanes) is 2. The molecule has 0 aliphatic carbocycles. The molecule has 24 heavy (non-hydrogen) atoms. The maximum absolute atomic E-state index is 12.1. The van der Waals surface area contributed by atoms with Crippen LogP contribution in [0.5, 0.6) is 0 Å². The molecule has 0 bridgehead atoms. The maximum Gasteiger partial charge on any atom is 0.324 e. The van der Waals surface area contributed by atoms with Gasteiger partial charge in [0.2, 0.25) is 0 Å². The minimum atomic E-state index is -0.565. The Bertz CT molecular complexity index is 372. The monoisotopic (exact) mass is 379 g/mol. The van der Waals surface area contributed by atoms with Crippen LogP contribution < -0.4 is 5.32 Å². The van der Waals surface area contributed by atoms with Gasteiger partial charge in [-0.25, -0.2) is 0 Å². The highest BCUT2D eigenvalue weighted by atomic mass is 33.1. The number of rotatable bonds is 12. The van der Waals surface area contributed by atoms with Crippen molar-refractivity contribution in [3.63, 3.8) is 0 Å². The Hall–Kier alpha value is -0.400. The van der Waals surface area contributed by atoms with E-state index in [-0.39, 0.29) is 11.9 Å². The molecule has 0 amide bonds. The Labute approximate surface area is 154 Å². The first-order valence-electron chi connectivity index (χ1n) is 8.61. The Morgan fingerprint density at radius 2 is 1.75 bits per heavy atom. The molecule has 0 aliphatic rings. The van der Waals surface area contributed by atoms with Gasteiger partial charge in [-0.3, -0.25) is 14.9 Å². The molecule has 0 aliphatic heterocycles. The summed E-state index contributed by atoms with van der Waals surface area (Å²) >= 11 is 0. The summed E-state index contributed by atoms with van der Waals surface area (Å²) in [6.45, 7) is 11.5. The third-order valence-electron chi connectivity index (χ3n) is 2.93. The summed E-state index contributed by atoms with van der Waals surface area (Å²) in [5.41, 5.74) is -0.545. The molecule has 5 nitrogen and oxygen atoms in total. The van der Waals surface area contributed by atoms with Gasteiger partial charge in [-0.15, -0.1) is 0 Å². The van der Waals surface area contributed by atoms with E-state index in [0.717, 1.165) is 5.75 Å². The fourth-order valence-corrected chi connectivity index (χ4v) is 4.08. The zero-order valence-corrected chi connectivity index (χ0v) is 17.5. The van der Waals surface area contributed by atoms with Gasteiger partial charge in [-0.2, -0.15) is 0 Å². The lowest BCUT2D eigenvalue weighted by atomic mass is 10.2. The van der Waals surface area contributed by atoms with E-state index < -0.39 is 17.7 Å². The average molecular weight is 380 g/mol. The van der Waals surface area contributed by atoms with Crippen LogP contribution in [0.4, 0.5) is 0 Å². The van der Waals surface area contributed by atoms with Crippen molar-refractivity contribution in [3.8, 4) is 0 Å². The minimum absolute atomic E-state index is 0.324. The van der Waals surface area contributed by atoms with E-state index in [2.05, 4.69) is 12.2 Å². The Morgan fingerprint density at radius 3 is 2.29 bits per heavy atom. The standard InChI is InChI=1S/C17H33NO4S2/c1-7-9-10-11-23-24-12-14(16(20)21-8-2)18-13(3)15(19)22-17(4,5)6/h13-14,18H,7-12H2,1-6H3/t13?,14-/m0/s1. The fourth-order valence-electron chi connectivity index (χ4n) is 1.77. The first-order valence-corrected chi connectivity index (χ1v) is 11.1. The van der Waals surface area contributed by atoms with Crippen LogP contribution in [0.2, 0.25) is 0 Å². The van der Waals surface area contributed by atoms with Crippen LogP contribution in [0.3, 0.4) is 0 Å². The molecular formula is C17H33NO4S2. The number of nitrogens with one attached hydrogen (secondary N) is 1. The van der Waals surface area contributed by atoms with Crippen molar-refractivity contribution in [1.29, 1.82) is 0 Å². The second-order valence-corrected chi connectivity index (χ2v) is 9.17. The van der Waals surface area contributed by atoms with E-state index in [1.165, 1.54) is 19.3 Å². The Balaban J connectivity index is 4.44. The minimum Gasteiger partial charge on any atom is -0.465 e. The Kier molecular flexibility index (Phi) is 12.7. The topological polar surface area (TPSA) is 64.6 Å². The summed E-state index contributed by atoms with van der Waals surface area (Å²) in [5.74, 6) is 0.935. The summed E-state index contributed by atoms with van der Waals surface area (Å²) in [6, 6.07) is -1.08. The summed E-state index contributed by atoms with van der Waals surface area (Å²) in [6.07, 6.45) is 3.61. The van der Waals surface area contributed by atoms with Gasteiger partial charge in [-0.1, -0.05) is 41.4 Å². The van der Waals surface area contributed by atoms with Crippen molar-refractivity contribution in [2.75, 3.05) is 18.1 Å². The zero-order chi connectivity index (χ0) is 18.6. The van der Waals surface area contributed by atoms with E-state index in [0.29, 0.717) is 12.4 Å². The van der Waals surface area contributed by atoms with Crippen molar-refractivity contribution in [1.82, 2.24) is 5.32 Å². The van der Waals surface area contributed by atoms with E-state index in [1.54, 1.807) is 35.4 Å². The van der Waals surface area contributed by atoms with Crippen LogP contribution in [-0.2, 0) is 19.1 Å². The lowest BCUT2D eigenvalue weighted by Gasteiger charge is -2.25. The van der Waals surface area contributed by atoms with Crippen molar-refractivity contribution in [2.24, 2.45) is 0 Å². The summed E-state index contributed by atoms with van der Waals surface area (Å²) in [7, 11) is 3.39. The highest BCUT2D eigenvalue weighted by Crippen LogP contribution is 2.24. The maximum atomic E-state index is 12.1. The number of ether oxygens (including phenoxy) is 2. The molecule has 0 fully saturated rings. The largest absolute Gasteiger partial charge is 0.465 e. The van der Waals surface area contributed by atoms with Gasteiger partial charge in [0.1, 0.15) is 17.7 Å². The van der Waals surface area contributed by atoms with E-state index in [1.807, 2.05) is 20.8 Å². The van der Waals surface area contributed by atoms with E-state index >= 15 is 0 Å². The van der Waals surface area contributed by atoms with Gasteiger partial charge >= 0.3 is 11.9 Å². The number of carbonyl (C=O) groups is 2. The van der Waals surface area contributed by atoms with Crippen LogP contribution >= 0.6 is 21.6 Å². The molecule has 0 saturated carbocycles. The van der Waals surface area contributed by atoms with Crippen molar-refractivity contribution < 1.29 is 19.1 Å². The second kappa shape index (κ2) is 12.9. The van der Waals surface area contributed by atoms with Crippen LogP contribution in [0, 0.1) is 0 Å². The molecule has 7 heteroatoms. The molecule has 0 saturated heterocycles. The molecule has 0 spiro atoms. The zero-order valence-electron chi connectivity index (χ0n) is 15.8. The summed E-state index contributed by atoms with van der Waals surface area (Å²) in [4.78, 5) is 24.2. The first-order chi connectivity index (χ1) is 11.2. The Morgan fingerprint density at radius 1 is 1.08 bits per heavy atom. The lowest BCUT2D eigenvalue weighted by molar-refractivity contribution is -0.157.